The third-order valence-electron chi connectivity index (χ3n) is 5.00. The van der Waals surface area contributed by atoms with E-state index in [2.05, 4.69) is 10.3 Å². The minimum atomic E-state index is -3.39. The summed E-state index contributed by atoms with van der Waals surface area (Å²) >= 11 is 0. The molecule has 0 radical (unpaired) electrons. The smallest absolute Gasteiger partial charge is 0.255 e. The van der Waals surface area contributed by atoms with Crippen molar-refractivity contribution in [2.45, 2.75) is 18.7 Å². The average molecular weight is 420 g/mol. The van der Waals surface area contributed by atoms with E-state index in [1.165, 1.54) is 12.1 Å². The first-order valence-corrected chi connectivity index (χ1v) is 11.3. The van der Waals surface area contributed by atoms with Crippen LogP contribution < -0.4 is 5.32 Å². The summed E-state index contributed by atoms with van der Waals surface area (Å²) in [5.41, 5.74) is 5.44. The number of aromatic nitrogens is 2. The van der Waals surface area contributed by atoms with E-state index >= 15 is 0 Å². The molecule has 4 rings (SSSR count). The van der Waals surface area contributed by atoms with Gasteiger partial charge < -0.3 is 9.72 Å². The summed E-state index contributed by atoms with van der Waals surface area (Å²) < 4.78 is 25.6. The second-order valence-corrected chi connectivity index (χ2v) is 9.34. The maximum atomic E-state index is 12.7. The summed E-state index contributed by atoms with van der Waals surface area (Å²) in [7, 11) is -3.39. The lowest BCUT2D eigenvalue weighted by molar-refractivity contribution is 0.102. The lowest BCUT2D eigenvalue weighted by atomic mass is 10.1. The Morgan fingerprint density at radius 1 is 1.00 bits per heavy atom. The van der Waals surface area contributed by atoms with Crippen LogP contribution in [0.2, 0.25) is 0 Å². The quantitative estimate of drug-likeness (QED) is 0.536. The third-order valence-corrected chi connectivity index (χ3v) is 6.11. The van der Waals surface area contributed by atoms with Gasteiger partial charge in [0.15, 0.2) is 9.84 Å². The molecular formula is C23H21N3O3S. The van der Waals surface area contributed by atoms with E-state index in [-0.39, 0.29) is 10.8 Å². The van der Waals surface area contributed by atoms with Gasteiger partial charge in [-0.05, 0) is 55.3 Å². The van der Waals surface area contributed by atoms with Crippen molar-refractivity contribution >= 4 is 27.1 Å². The molecule has 0 aliphatic rings. The molecule has 0 spiro atoms. The van der Waals surface area contributed by atoms with Gasteiger partial charge in [-0.2, -0.15) is 0 Å². The first kappa shape index (κ1) is 19.8. The lowest BCUT2D eigenvalue weighted by Gasteiger charge is -2.10. The van der Waals surface area contributed by atoms with Gasteiger partial charge in [0, 0.05) is 35.5 Å². The highest BCUT2D eigenvalue weighted by molar-refractivity contribution is 7.90. The van der Waals surface area contributed by atoms with Crippen LogP contribution in [-0.4, -0.2) is 30.0 Å². The van der Waals surface area contributed by atoms with Crippen LogP contribution >= 0.6 is 0 Å². The number of nitrogens with zero attached hydrogens (tertiary/aromatic N) is 2. The predicted molar refractivity (Wildman–Crippen MR) is 118 cm³/mol. The van der Waals surface area contributed by atoms with E-state index in [4.69, 9.17) is 0 Å². The molecule has 6 nitrogen and oxygen atoms in total. The summed E-state index contributed by atoms with van der Waals surface area (Å²) in [4.78, 5) is 17.5. The first-order valence-electron chi connectivity index (χ1n) is 9.39. The average Bonchev–Trinajstić information content (AvgIpc) is 3.13. The van der Waals surface area contributed by atoms with Gasteiger partial charge in [-0.1, -0.05) is 24.3 Å². The topological polar surface area (TPSA) is 80.5 Å². The maximum absolute atomic E-state index is 12.7. The van der Waals surface area contributed by atoms with E-state index in [1.807, 2.05) is 48.0 Å². The molecule has 2 aromatic heterocycles. The lowest BCUT2D eigenvalue weighted by Crippen LogP contribution is -2.14. The number of nitrogens with one attached hydrogen (secondary N) is 1. The number of hydrogen-bond acceptors (Lipinski definition) is 4. The standard InChI is InChI=1S/C23H21N3O3S/c1-15-6-11-19(30(3,28)29)13-20(15)23(27)24-18-9-7-17(8-10-18)21-14-26-12-4-5-16(2)22(26)25-21/h4-14H,1-3H3,(H,24,27). The van der Waals surface area contributed by atoms with Crippen molar-refractivity contribution in [2.75, 3.05) is 11.6 Å². The van der Waals surface area contributed by atoms with Crippen LogP contribution in [0.1, 0.15) is 21.5 Å². The molecule has 2 heterocycles. The van der Waals surface area contributed by atoms with Crippen LogP contribution in [0.3, 0.4) is 0 Å². The molecule has 0 atom stereocenters. The van der Waals surface area contributed by atoms with Gasteiger partial charge in [0.2, 0.25) is 0 Å². The number of benzene rings is 2. The van der Waals surface area contributed by atoms with Crippen molar-refractivity contribution in [3.05, 3.63) is 83.7 Å². The Bertz CT molecular complexity index is 1370. The molecule has 2 aromatic carbocycles. The highest BCUT2D eigenvalue weighted by Gasteiger charge is 2.15. The molecule has 152 valence electrons. The van der Waals surface area contributed by atoms with Gasteiger partial charge in [0.1, 0.15) is 5.65 Å². The van der Waals surface area contributed by atoms with Crippen molar-refractivity contribution < 1.29 is 13.2 Å². The zero-order valence-corrected chi connectivity index (χ0v) is 17.7. The Kier molecular flexibility index (Phi) is 4.91. The summed E-state index contributed by atoms with van der Waals surface area (Å²) in [5.74, 6) is -0.353. The number of sulfone groups is 1. The highest BCUT2D eigenvalue weighted by Crippen LogP contribution is 2.23. The summed E-state index contributed by atoms with van der Waals surface area (Å²) in [5, 5.41) is 2.83. The van der Waals surface area contributed by atoms with Crippen LogP contribution in [0, 0.1) is 13.8 Å². The number of pyridine rings is 1. The Hall–Kier alpha value is -3.45. The molecular weight excluding hydrogens is 398 g/mol. The molecule has 7 heteroatoms. The number of fused-ring (bicyclic) bond motifs is 1. The zero-order valence-electron chi connectivity index (χ0n) is 16.9. The van der Waals surface area contributed by atoms with Crippen molar-refractivity contribution in [1.82, 2.24) is 9.38 Å². The maximum Gasteiger partial charge on any atom is 0.255 e. The Morgan fingerprint density at radius 2 is 1.73 bits per heavy atom. The van der Waals surface area contributed by atoms with Crippen LogP contribution in [0.5, 0.6) is 0 Å². The molecule has 0 unspecified atom stereocenters. The minimum Gasteiger partial charge on any atom is -0.322 e. The van der Waals surface area contributed by atoms with Crippen molar-refractivity contribution in [3.63, 3.8) is 0 Å². The molecule has 0 fully saturated rings. The largest absolute Gasteiger partial charge is 0.322 e. The molecule has 0 aliphatic heterocycles. The summed E-state index contributed by atoms with van der Waals surface area (Å²) in [6, 6.07) is 16.0. The van der Waals surface area contributed by atoms with Gasteiger partial charge in [0.25, 0.3) is 5.91 Å². The molecule has 1 N–H and O–H groups in total. The van der Waals surface area contributed by atoms with Crippen LogP contribution in [0.25, 0.3) is 16.9 Å². The van der Waals surface area contributed by atoms with Gasteiger partial charge in [-0.25, -0.2) is 13.4 Å². The summed E-state index contributed by atoms with van der Waals surface area (Å²) in [6.45, 7) is 3.79. The fourth-order valence-corrected chi connectivity index (χ4v) is 3.94. The fourth-order valence-electron chi connectivity index (χ4n) is 3.29. The summed E-state index contributed by atoms with van der Waals surface area (Å²) in [6.07, 6.45) is 5.05. The Morgan fingerprint density at radius 3 is 2.40 bits per heavy atom. The van der Waals surface area contributed by atoms with E-state index < -0.39 is 9.84 Å². The molecule has 0 bridgehead atoms. The zero-order chi connectivity index (χ0) is 21.5. The highest BCUT2D eigenvalue weighted by atomic mass is 32.2. The molecule has 30 heavy (non-hydrogen) atoms. The normalized spacial score (nSPS) is 11.6. The number of hydrogen-bond donors (Lipinski definition) is 1. The number of imidazole rings is 1. The number of carbonyl (C=O) groups excluding carboxylic acids is 1. The number of rotatable bonds is 4. The van der Waals surface area contributed by atoms with Crippen molar-refractivity contribution in [1.29, 1.82) is 0 Å². The number of carbonyl (C=O) groups is 1. The molecule has 0 saturated heterocycles. The van der Waals surface area contributed by atoms with Crippen molar-refractivity contribution in [2.24, 2.45) is 0 Å². The molecule has 4 aromatic rings. The molecule has 0 aliphatic carbocycles. The van der Waals surface area contributed by atoms with E-state index in [1.54, 1.807) is 25.1 Å². The van der Waals surface area contributed by atoms with Gasteiger partial charge in [0.05, 0.1) is 10.6 Å². The van der Waals surface area contributed by atoms with Crippen molar-refractivity contribution in [3.8, 4) is 11.3 Å². The molecule has 0 saturated carbocycles. The van der Waals surface area contributed by atoms with E-state index in [0.717, 1.165) is 28.7 Å². The third kappa shape index (κ3) is 3.84. The Labute approximate surface area is 175 Å². The Balaban J connectivity index is 1.58. The van der Waals surface area contributed by atoms with Gasteiger partial charge in [-0.15, -0.1) is 0 Å². The van der Waals surface area contributed by atoms with E-state index in [0.29, 0.717) is 16.8 Å². The fraction of sp³-hybridized carbons (Fsp3) is 0.130. The minimum absolute atomic E-state index is 0.121. The first-order chi connectivity index (χ1) is 14.2. The number of anilines is 1. The second kappa shape index (κ2) is 7.42. The van der Waals surface area contributed by atoms with Crippen LogP contribution in [0.15, 0.2) is 71.9 Å². The van der Waals surface area contributed by atoms with Crippen LogP contribution in [-0.2, 0) is 9.84 Å². The SMILES string of the molecule is Cc1ccc(S(C)(=O)=O)cc1C(=O)Nc1ccc(-c2cn3cccc(C)c3n2)cc1. The monoisotopic (exact) mass is 419 g/mol. The number of amides is 1. The van der Waals surface area contributed by atoms with Gasteiger partial charge in [-0.3, -0.25) is 4.79 Å². The van der Waals surface area contributed by atoms with E-state index in [9.17, 15) is 13.2 Å². The predicted octanol–water partition coefficient (Wildman–Crippen LogP) is 4.27. The second-order valence-electron chi connectivity index (χ2n) is 7.33. The number of aryl methyl sites for hydroxylation is 2. The van der Waals surface area contributed by atoms with Gasteiger partial charge >= 0.3 is 0 Å². The molecule has 1 amide bonds. The van der Waals surface area contributed by atoms with Crippen LogP contribution in [0.4, 0.5) is 5.69 Å².